The fraction of sp³-hybridized carbons (Fsp3) is 1.00. The molecule has 3 atom stereocenters. The Morgan fingerprint density at radius 3 is 2.17 bits per heavy atom. The molecule has 70 valence electrons. The van der Waals surface area contributed by atoms with Crippen LogP contribution in [0.2, 0.25) is 0 Å². The zero-order chi connectivity index (χ0) is 8.77. The number of hydrogen-bond donors (Lipinski definition) is 1. The van der Waals surface area contributed by atoms with Crippen molar-refractivity contribution in [1.29, 1.82) is 0 Å². The van der Waals surface area contributed by atoms with Gasteiger partial charge in [0.05, 0.1) is 0 Å². The second-order valence-electron chi connectivity index (χ2n) is 5.65. The third kappa shape index (κ3) is 1.39. The molecule has 1 heteroatoms. The number of fused-ring (bicyclic) bond motifs is 3. The smallest absolute Gasteiger partial charge is 0.00702 e. The lowest BCUT2D eigenvalue weighted by atomic mass is 9.63. The maximum absolute atomic E-state index is 3.62. The van der Waals surface area contributed by atoms with E-state index in [1.165, 1.54) is 25.8 Å². The molecule has 1 N–H and O–H groups in total. The molecule has 3 aliphatic rings. The van der Waals surface area contributed by atoms with Gasteiger partial charge in [-0.15, -0.1) is 0 Å². The highest BCUT2D eigenvalue weighted by molar-refractivity contribution is 4.94. The van der Waals surface area contributed by atoms with Gasteiger partial charge in [-0.3, -0.25) is 0 Å². The van der Waals surface area contributed by atoms with Gasteiger partial charge in [0.25, 0.3) is 0 Å². The van der Waals surface area contributed by atoms with Gasteiger partial charge in [-0.25, -0.2) is 0 Å². The van der Waals surface area contributed by atoms with Crippen LogP contribution in [0.3, 0.4) is 0 Å². The Morgan fingerprint density at radius 1 is 1.17 bits per heavy atom. The van der Waals surface area contributed by atoms with Crippen LogP contribution < -0.4 is 5.32 Å². The van der Waals surface area contributed by atoms with Crippen molar-refractivity contribution < 1.29 is 0 Å². The molecule has 3 rings (SSSR count). The summed E-state index contributed by atoms with van der Waals surface area (Å²) in [5.41, 5.74) is 0.533. The maximum Gasteiger partial charge on any atom is 0.00702 e. The summed E-state index contributed by atoms with van der Waals surface area (Å²) < 4.78 is 0. The molecule has 0 spiro atoms. The summed E-state index contributed by atoms with van der Waals surface area (Å²) in [6.45, 7) is 8.49. The van der Waals surface area contributed by atoms with E-state index >= 15 is 0 Å². The first-order chi connectivity index (χ1) is 5.57. The van der Waals surface area contributed by atoms with Crippen molar-refractivity contribution in [3.8, 4) is 0 Å². The summed E-state index contributed by atoms with van der Waals surface area (Å²) >= 11 is 0. The average Bonchev–Trinajstić information content (AvgIpc) is 2.05. The van der Waals surface area contributed by atoms with Crippen LogP contribution in [0.15, 0.2) is 0 Å². The van der Waals surface area contributed by atoms with Crippen molar-refractivity contribution in [3.63, 3.8) is 0 Å². The third-order valence-corrected chi connectivity index (χ3v) is 3.77. The molecular weight excluding hydrogens is 146 g/mol. The van der Waals surface area contributed by atoms with Crippen LogP contribution in [0.25, 0.3) is 0 Å². The molecule has 12 heavy (non-hydrogen) atoms. The van der Waals surface area contributed by atoms with E-state index in [0.29, 0.717) is 5.41 Å². The van der Waals surface area contributed by atoms with Crippen LogP contribution in [-0.4, -0.2) is 12.6 Å². The van der Waals surface area contributed by atoms with Gasteiger partial charge < -0.3 is 5.32 Å². The predicted molar refractivity (Wildman–Crippen MR) is 52.1 cm³/mol. The second kappa shape index (κ2) is 2.73. The average molecular weight is 167 g/mol. The lowest BCUT2D eigenvalue weighted by molar-refractivity contribution is 0.0486. The van der Waals surface area contributed by atoms with E-state index in [9.17, 15) is 0 Å². The SMILES string of the molecule is CC(C)(C)C1CC2CCC1CN2. The molecule has 0 aromatic rings. The van der Waals surface area contributed by atoms with Crippen molar-refractivity contribution in [2.45, 2.75) is 46.1 Å². The van der Waals surface area contributed by atoms with Crippen molar-refractivity contribution >= 4 is 0 Å². The number of hydrogen-bond acceptors (Lipinski definition) is 1. The van der Waals surface area contributed by atoms with Crippen molar-refractivity contribution in [2.24, 2.45) is 17.3 Å². The molecule has 2 bridgehead atoms. The Hall–Kier alpha value is -0.0400. The first-order valence-electron chi connectivity index (χ1n) is 5.31. The van der Waals surface area contributed by atoms with E-state index < -0.39 is 0 Å². The van der Waals surface area contributed by atoms with Crippen LogP contribution >= 0.6 is 0 Å². The summed E-state index contributed by atoms with van der Waals surface area (Å²) in [6, 6.07) is 0.847. The molecule has 3 unspecified atom stereocenters. The number of piperidine rings is 2. The fourth-order valence-electron chi connectivity index (χ4n) is 3.04. The van der Waals surface area contributed by atoms with Gasteiger partial charge in [-0.05, 0) is 43.1 Å². The van der Waals surface area contributed by atoms with Gasteiger partial charge in [0.1, 0.15) is 0 Å². The van der Waals surface area contributed by atoms with Gasteiger partial charge in [0.2, 0.25) is 0 Å². The third-order valence-electron chi connectivity index (χ3n) is 3.77. The maximum atomic E-state index is 3.62. The molecule has 0 radical (unpaired) electrons. The summed E-state index contributed by atoms with van der Waals surface area (Å²) in [5, 5.41) is 3.62. The normalized spacial score (nSPS) is 41.8. The van der Waals surface area contributed by atoms with Gasteiger partial charge >= 0.3 is 0 Å². The molecule has 2 heterocycles. The minimum absolute atomic E-state index is 0.533. The van der Waals surface area contributed by atoms with Crippen molar-refractivity contribution in [2.75, 3.05) is 6.54 Å². The first kappa shape index (κ1) is 8.55. The van der Waals surface area contributed by atoms with Crippen LogP contribution in [0.1, 0.15) is 40.0 Å². The fourth-order valence-corrected chi connectivity index (χ4v) is 3.04. The number of rotatable bonds is 0. The van der Waals surface area contributed by atoms with Gasteiger partial charge in [0, 0.05) is 6.04 Å². The molecule has 0 aromatic heterocycles. The molecule has 1 saturated carbocycles. The van der Waals surface area contributed by atoms with E-state index in [2.05, 4.69) is 26.1 Å². The zero-order valence-electron chi connectivity index (χ0n) is 8.56. The summed E-state index contributed by atoms with van der Waals surface area (Å²) in [4.78, 5) is 0. The molecule has 0 aromatic carbocycles. The standard InChI is InChI=1S/C11H21N/c1-11(2,3)10-6-9-5-4-8(10)7-12-9/h8-10,12H,4-7H2,1-3H3. The summed E-state index contributed by atoms with van der Waals surface area (Å²) in [6.07, 6.45) is 4.32. The molecule has 2 saturated heterocycles. The van der Waals surface area contributed by atoms with E-state index in [1.807, 2.05) is 0 Å². The van der Waals surface area contributed by atoms with Gasteiger partial charge in [0.15, 0.2) is 0 Å². The van der Waals surface area contributed by atoms with Crippen LogP contribution in [0, 0.1) is 17.3 Å². The van der Waals surface area contributed by atoms with E-state index in [0.717, 1.165) is 17.9 Å². The molecule has 1 nitrogen and oxygen atoms in total. The van der Waals surface area contributed by atoms with E-state index in [4.69, 9.17) is 0 Å². The highest BCUT2D eigenvalue weighted by Crippen LogP contribution is 2.44. The highest BCUT2D eigenvalue weighted by atomic mass is 15.0. The molecule has 3 fully saturated rings. The Bertz CT molecular complexity index is 160. The number of nitrogens with one attached hydrogen (secondary N) is 1. The highest BCUT2D eigenvalue weighted by Gasteiger charge is 2.40. The monoisotopic (exact) mass is 167 g/mol. The van der Waals surface area contributed by atoms with Gasteiger partial charge in [-0.1, -0.05) is 20.8 Å². The van der Waals surface area contributed by atoms with Crippen molar-refractivity contribution in [1.82, 2.24) is 5.32 Å². The van der Waals surface area contributed by atoms with E-state index in [1.54, 1.807) is 0 Å². The molecule has 1 aliphatic carbocycles. The quantitative estimate of drug-likeness (QED) is 0.584. The van der Waals surface area contributed by atoms with Crippen molar-refractivity contribution in [3.05, 3.63) is 0 Å². The lowest BCUT2D eigenvalue weighted by Gasteiger charge is -2.48. The van der Waals surface area contributed by atoms with Crippen LogP contribution in [-0.2, 0) is 0 Å². The Kier molecular flexibility index (Phi) is 1.95. The summed E-state index contributed by atoms with van der Waals surface area (Å²) in [7, 11) is 0. The second-order valence-corrected chi connectivity index (χ2v) is 5.65. The van der Waals surface area contributed by atoms with Gasteiger partial charge in [-0.2, -0.15) is 0 Å². The molecule has 2 aliphatic heterocycles. The van der Waals surface area contributed by atoms with E-state index in [-0.39, 0.29) is 0 Å². The Morgan fingerprint density at radius 2 is 1.92 bits per heavy atom. The predicted octanol–water partition coefficient (Wildman–Crippen LogP) is 2.42. The lowest BCUT2D eigenvalue weighted by Crippen LogP contribution is -2.52. The first-order valence-corrected chi connectivity index (χ1v) is 5.31. The van der Waals surface area contributed by atoms with Crippen LogP contribution in [0.4, 0.5) is 0 Å². The molecule has 0 amide bonds. The largest absolute Gasteiger partial charge is 0.314 e. The minimum Gasteiger partial charge on any atom is -0.314 e. The molecular formula is C11H21N. The topological polar surface area (TPSA) is 12.0 Å². The minimum atomic E-state index is 0.533. The summed E-state index contributed by atoms with van der Waals surface area (Å²) in [5.74, 6) is 1.94. The zero-order valence-corrected chi connectivity index (χ0v) is 8.56. The Balaban J connectivity index is 2.09. The Labute approximate surface area is 75.9 Å². The van der Waals surface area contributed by atoms with Crippen LogP contribution in [0.5, 0.6) is 0 Å².